The molecule has 0 spiro atoms. The average Bonchev–Trinajstić information content (AvgIpc) is 3.15. The van der Waals surface area contributed by atoms with E-state index < -0.39 is 0 Å². The second kappa shape index (κ2) is 5.57. The van der Waals surface area contributed by atoms with Gasteiger partial charge in [0.15, 0.2) is 0 Å². The Morgan fingerprint density at radius 1 is 1.05 bits per heavy atom. The number of hydrogen-bond acceptors (Lipinski definition) is 6. The number of nitrogens with zero attached hydrogens (tertiary/aromatic N) is 2. The predicted octanol–water partition coefficient (Wildman–Crippen LogP) is 3.79. The van der Waals surface area contributed by atoms with E-state index in [-0.39, 0.29) is 0 Å². The molecule has 2 aromatic heterocycles. The normalized spacial score (nSPS) is 10.6. The summed E-state index contributed by atoms with van der Waals surface area (Å²) in [5.74, 6) is 2.38. The Labute approximate surface area is 126 Å². The molecule has 0 fully saturated rings. The van der Waals surface area contributed by atoms with Crippen molar-refractivity contribution < 1.29 is 14.0 Å². The highest BCUT2D eigenvalue weighted by Crippen LogP contribution is 2.31. The monoisotopic (exact) mass is 302 g/mol. The highest BCUT2D eigenvalue weighted by atomic mass is 32.1. The molecule has 0 aliphatic rings. The molecule has 6 heteroatoms. The minimum Gasteiger partial charge on any atom is -0.497 e. The fourth-order valence-electron chi connectivity index (χ4n) is 1.93. The standard InChI is InChI=1S/C15H14N2O3S/c1-9-4-5-13(21-9)14-16-15(20-17-14)10-6-11(18-2)8-12(7-10)19-3/h4-8H,1-3H3. The number of rotatable bonds is 4. The molecule has 0 aliphatic carbocycles. The Balaban J connectivity index is 1.99. The minimum atomic E-state index is 0.438. The lowest BCUT2D eigenvalue weighted by molar-refractivity contribution is 0.393. The van der Waals surface area contributed by atoms with E-state index in [9.17, 15) is 0 Å². The summed E-state index contributed by atoms with van der Waals surface area (Å²) in [6, 6.07) is 9.48. The van der Waals surface area contributed by atoms with Crippen molar-refractivity contribution in [3.63, 3.8) is 0 Å². The zero-order chi connectivity index (χ0) is 14.8. The van der Waals surface area contributed by atoms with Crippen molar-refractivity contribution in [3.8, 4) is 33.7 Å². The number of ether oxygens (including phenoxy) is 2. The first kappa shape index (κ1) is 13.6. The number of methoxy groups -OCH3 is 2. The van der Waals surface area contributed by atoms with Crippen molar-refractivity contribution in [2.75, 3.05) is 14.2 Å². The van der Waals surface area contributed by atoms with E-state index in [1.54, 1.807) is 31.6 Å². The zero-order valence-corrected chi connectivity index (χ0v) is 12.7. The van der Waals surface area contributed by atoms with E-state index in [4.69, 9.17) is 14.0 Å². The molecular formula is C15H14N2O3S. The fourth-order valence-corrected chi connectivity index (χ4v) is 2.72. The Morgan fingerprint density at radius 2 is 1.76 bits per heavy atom. The van der Waals surface area contributed by atoms with E-state index in [2.05, 4.69) is 10.1 Å². The summed E-state index contributed by atoms with van der Waals surface area (Å²) in [6.45, 7) is 2.04. The lowest BCUT2D eigenvalue weighted by Crippen LogP contribution is -1.89. The van der Waals surface area contributed by atoms with Crippen LogP contribution in [-0.2, 0) is 0 Å². The molecule has 0 saturated heterocycles. The first-order valence-electron chi connectivity index (χ1n) is 6.33. The fraction of sp³-hybridized carbons (Fsp3) is 0.200. The number of aryl methyl sites for hydroxylation is 1. The smallest absolute Gasteiger partial charge is 0.258 e. The molecule has 108 valence electrons. The first-order valence-corrected chi connectivity index (χ1v) is 7.15. The minimum absolute atomic E-state index is 0.438. The molecule has 5 nitrogen and oxygen atoms in total. The van der Waals surface area contributed by atoms with Crippen LogP contribution < -0.4 is 9.47 Å². The van der Waals surface area contributed by atoms with Crippen molar-refractivity contribution in [2.24, 2.45) is 0 Å². The number of hydrogen-bond donors (Lipinski definition) is 0. The van der Waals surface area contributed by atoms with Gasteiger partial charge in [-0.3, -0.25) is 0 Å². The highest BCUT2D eigenvalue weighted by molar-refractivity contribution is 7.15. The van der Waals surface area contributed by atoms with Crippen LogP contribution in [0.3, 0.4) is 0 Å². The van der Waals surface area contributed by atoms with Gasteiger partial charge in [-0.15, -0.1) is 11.3 Å². The molecule has 3 aromatic rings. The maximum Gasteiger partial charge on any atom is 0.258 e. The van der Waals surface area contributed by atoms with Crippen LogP contribution in [0.25, 0.3) is 22.2 Å². The van der Waals surface area contributed by atoms with Crippen molar-refractivity contribution in [3.05, 3.63) is 35.2 Å². The van der Waals surface area contributed by atoms with Gasteiger partial charge in [0.05, 0.1) is 19.1 Å². The van der Waals surface area contributed by atoms with Crippen LogP contribution in [0.15, 0.2) is 34.9 Å². The molecule has 0 N–H and O–H groups in total. The van der Waals surface area contributed by atoms with Crippen molar-refractivity contribution in [1.29, 1.82) is 0 Å². The van der Waals surface area contributed by atoms with Gasteiger partial charge < -0.3 is 14.0 Å². The topological polar surface area (TPSA) is 57.4 Å². The molecule has 0 bridgehead atoms. The van der Waals surface area contributed by atoms with Crippen LogP contribution in [0.1, 0.15) is 4.88 Å². The Bertz CT molecular complexity index is 742. The SMILES string of the molecule is COc1cc(OC)cc(-c2nc(-c3ccc(C)s3)no2)c1. The largest absolute Gasteiger partial charge is 0.497 e. The van der Waals surface area contributed by atoms with E-state index in [1.807, 2.05) is 31.2 Å². The van der Waals surface area contributed by atoms with Crippen molar-refractivity contribution in [2.45, 2.75) is 6.92 Å². The lowest BCUT2D eigenvalue weighted by Gasteiger charge is -2.05. The van der Waals surface area contributed by atoms with Gasteiger partial charge in [0.25, 0.3) is 5.89 Å². The summed E-state index contributed by atoms with van der Waals surface area (Å²) in [5.41, 5.74) is 0.762. The van der Waals surface area contributed by atoms with Crippen LogP contribution in [-0.4, -0.2) is 24.4 Å². The zero-order valence-electron chi connectivity index (χ0n) is 11.9. The van der Waals surface area contributed by atoms with E-state index in [1.165, 1.54) is 4.88 Å². The summed E-state index contributed by atoms with van der Waals surface area (Å²) in [4.78, 5) is 6.63. The van der Waals surface area contributed by atoms with Gasteiger partial charge in [0.1, 0.15) is 11.5 Å². The quantitative estimate of drug-likeness (QED) is 0.734. The average molecular weight is 302 g/mol. The van der Waals surface area contributed by atoms with Gasteiger partial charge in [-0.25, -0.2) is 0 Å². The molecule has 0 saturated carbocycles. The van der Waals surface area contributed by atoms with Crippen LogP contribution >= 0.6 is 11.3 Å². The first-order chi connectivity index (χ1) is 10.2. The maximum absolute atomic E-state index is 5.35. The summed E-state index contributed by atoms with van der Waals surface area (Å²) in [6.07, 6.45) is 0. The van der Waals surface area contributed by atoms with Gasteiger partial charge in [-0.05, 0) is 31.2 Å². The highest BCUT2D eigenvalue weighted by Gasteiger charge is 2.14. The van der Waals surface area contributed by atoms with Crippen LogP contribution in [0.2, 0.25) is 0 Å². The van der Waals surface area contributed by atoms with Gasteiger partial charge in [-0.2, -0.15) is 4.98 Å². The maximum atomic E-state index is 5.35. The molecule has 0 unspecified atom stereocenters. The van der Waals surface area contributed by atoms with Crippen molar-refractivity contribution >= 4 is 11.3 Å². The summed E-state index contributed by atoms with van der Waals surface area (Å²) in [7, 11) is 3.21. The summed E-state index contributed by atoms with van der Waals surface area (Å²) in [5, 5.41) is 4.03. The molecule has 1 aromatic carbocycles. The van der Waals surface area contributed by atoms with E-state index >= 15 is 0 Å². The van der Waals surface area contributed by atoms with Gasteiger partial charge >= 0.3 is 0 Å². The second-order valence-electron chi connectivity index (χ2n) is 4.43. The molecule has 0 atom stereocenters. The molecule has 0 radical (unpaired) electrons. The summed E-state index contributed by atoms with van der Waals surface area (Å²) >= 11 is 1.63. The molecule has 0 amide bonds. The third-order valence-corrected chi connectivity index (χ3v) is 3.98. The van der Waals surface area contributed by atoms with Gasteiger partial charge in [0, 0.05) is 16.5 Å². The molecule has 2 heterocycles. The molecule has 21 heavy (non-hydrogen) atoms. The third-order valence-electron chi connectivity index (χ3n) is 2.99. The van der Waals surface area contributed by atoms with E-state index in [0.717, 1.165) is 10.4 Å². The lowest BCUT2D eigenvalue weighted by atomic mass is 10.2. The van der Waals surface area contributed by atoms with Crippen LogP contribution in [0.4, 0.5) is 0 Å². The number of benzene rings is 1. The second-order valence-corrected chi connectivity index (χ2v) is 5.72. The van der Waals surface area contributed by atoms with Gasteiger partial charge in [-0.1, -0.05) is 5.16 Å². The Morgan fingerprint density at radius 3 is 2.33 bits per heavy atom. The molecular weight excluding hydrogens is 288 g/mol. The van der Waals surface area contributed by atoms with Crippen LogP contribution in [0.5, 0.6) is 11.5 Å². The van der Waals surface area contributed by atoms with Crippen LogP contribution in [0, 0.1) is 6.92 Å². The molecule has 0 aliphatic heterocycles. The summed E-state index contributed by atoms with van der Waals surface area (Å²) < 4.78 is 15.8. The third kappa shape index (κ3) is 2.75. The van der Waals surface area contributed by atoms with Crippen molar-refractivity contribution in [1.82, 2.24) is 10.1 Å². The molecule has 3 rings (SSSR count). The predicted molar refractivity (Wildman–Crippen MR) is 80.9 cm³/mol. The van der Waals surface area contributed by atoms with Gasteiger partial charge in [0.2, 0.25) is 5.82 Å². The number of aromatic nitrogens is 2. The Kier molecular flexibility index (Phi) is 3.62. The number of thiophene rings is 1. The Hall–Kier alpha value is -2.34. The van der Waals surface area contributed by atoms with E-state index in [0.29, 0.717) is 23.2 Å².